The van der Waals surface area contributed by atoms with Gasteiger partial charge in [0.2, 0.25) is 0 Å². The van der Waals surface area contributed by atoms with E-state index in [1.54, 1.807) is 0 Å². The van der Waals surface area contributed by atoms with E-state index in [4.69, 9.17) is 10.2 Å². The Morgan fingerprint density at radius 3 is 2.10 bits per heavy atom. The fourth-order valence-electron chi connectivity index (χ4n) is 2.40. The molecule has 0 radical (unpaired) electrons. The van der Waals surface area contributed by atoms with Crippen LogP contribution in [0.1, 0.15) is 38.4 Å². The maximum Gasteiger partial charge on any atom is 0.328 e. The lowest BCUT2D eigenvalue weighted by Crippen LogP contribution is -2.18. The van der Waals surface area contributed by atoms with Crippen LogP contribution in [0, 0.1) is 0 Å². The highest BCUT2D eigenvalue weighted by molar-refractivity contribution is 9.10. The summed E-state index contributed by atoms with van der Waals surface area (Å²) < 4.78 is 1.03. The SMILES string of the molecule is C=CCN(C)C/C=C(\C)CC/C=C(\C)C(O)c1ccc(Br)cc1.O=C(O)/C=C/C(=O)O. The number of aliphatic carboxylic acids is 2. The Labute approximate surface area is 193 Å². The molecule has 0 fully saturated rings. The Hall–Kier alpha value is -2.48. The van der Waals surface area contributed by atoms with Crippen LogP contribution < -0.4 is 0 Å². The zero-order valence-corrected chi connectivity index (χ0v) is 19.9. The van der Waals surface area contributed by atoms with Crippen molar-refractivity contribution in [3.05, 3.63) is 82.4 Å². The molecule has 0 aliphatic heterocycles. The summed E-state index contributed by atoms with van der Waals surface area (Å²) >= 11 is 3.41. The molecule has 7 heteroatoms. The van der Waals surface area contributed by atoms with Crippen molar-refractivity contribution in [2.75, 3.05) is 20.1 Å². The van der Waals surface area contributed by atoms with Gasteiger partial charge in [-0.05, 0) is 57.0 Å². The maximum absolute atomic E-state index is 10.4. The quantitative estimate of drug-likeness (QED) is 0.296. The molecule has 0 spiro atoms. The highest BCUT2D eigenvalue weighted by Gasteiger charge is 2.08. The van der Waals surface area contributed by atoms with Gasteiger partial charge >= 0.3 is 11.9 Å². The zero-order chi connectivity index (χ0) is 23.8. The van der Waals surface area contributed by atoms with Crippen LogP contribution in [0.4, 0.5) is 0 Å². The third-order valence-electron chi connectivity index (χ3n) is 4.18. The van der Waals surface area contributed by atoms with E-state index in [0.717, 1.165) is 41.5 Å². The van der Waals surface area contributed by atoms with E-state index in [1.165, 1.54) is 5.57 Å². The first-order chi connectivity index (χ1) is 14.6. The second kappa shape index (κ2) is 16.2. The minimum Gasteiger partial charge on any atom is -0.478 e. The fourth-order valence-corrected chi connectivity index (χ4v) is 2.66. The molecule has 0 aromatic heterocycles. The molecule has 0 aliphatic rings. The van der Waals surface area contributed by atoms with Crippen LogP contribution in [0.25, 0.3) is 0 Å². The van der Waals surface area contributed by atoms with Gasteiger partial charge in [-0.25, -0.2) is 9.59 Å². The molecule has 0 saturated heterocycles. The molecule has 1 atom stereocenters. The van der Waals surface area contributed by atoms with Crippen molar-refractivity contribution in [1.82, 2.24) is 4.90 Å². The number of carboxylic acid groups (broad SMARTS) is 2. The highest BCUT2D eigenvalue weighted by atomic mass is 79.9. The monoisotopic (exact) mass is 493 g/mol. The number of aliphatic hydroxyl groups is 1. The summed E-state index contributed by atoms with van der Waals surface area (Å²) in [6.07, 6.45) is 8.88. The van der Waals surface area contributed by atoms with Crippen LogP contribution in [0.2, 0.25) is 0 Å². The van der Waals surface area contributed by atoms with Gasteiger partial charge in [0.15, 0.2) is 0 Å². The van der Waals surface area contributed by atoms with E-state index >= 15 is 0 Å². The Morgan fingerprint density at radius 1 is 1.06 bits per heavy atom. The number of hydrogen-bond donors (Lipinski definition) is 3. The van der Waals surface area contributed by atoms with Gasteiger partial charge in [-0.2, -0.15) is 0 Å². The Morgan fingerprint density at radius 2 is 1.61 bits per heavy atom. The normalized spacial score (nSPS) is 13.0. The van der Waals surface area contributed by atoms with E-state index in [9.17, 15) is 14.7 Å². The number of carbonyl (C=O) groups is 2. The van der Waals surface area contributed by atoms with Crippen molar-refractivity contribution >= 4 is 27.9 Å². The molecular formula is C24H32BrNO5. The number of benzene rings is 1. The molecule has 0 heterocycles. The standard InChI is InChI=1S/C20H28BrNO.C4H4O4/c1-5-14-22(4)15-13-16(2)7-6-8-17(3)20(23)18-9-11-19(21)12-10-18;5-3(6)1-2-4(7)8/h5,8-13,20,23H,1,6-7,14-15H2,2-4H3;1-2H,(H,5,6)(H,7,8)/b16-13+,17-8+;2-1+. The smallest absolute Gasteiger partial charge is 0.328 e. The summed E-state index contributed by atoms with van der Waals surface area (Å²) in [7, 11) is 2.09. The van der Waals surface area contributed by atoms with Crippen molar-refractivity contribution in [3.8, 4) is 0 Å². The van der Waals surface area contributed by atoms with Crippen LogP contribution >= 0.6 is 15.9 Å². The molecule has 0 aliphatic carbocycles. The Balaban J connectivity index is 0.000000954. The molecule has 1 aromatic rings. The first kappa shape index (κ1) is 28.5. The summed E-state index contributed by atoms with van der Waals surface area (Å²) in [6.45, 7) is 9.75. The van der Waals surface area contributed by atoms with Gasteiger partial charge in [-0.1, -0.05) is 51.9 Å². The Kier molecular flexibility index (Phi) is 14.9. The van der Waals surface area contributed by atoms with E-state index in [0.29, 0.717) is 12.2 Å². The van der Waals surface area contributed by atoms with Crippen LogP contribution in [0.3, 0.4) is 0 Å². The first-order valence-corrected chi connectivity index (χ1v) is 10.5. The number of aliphatic hydroxyl groups excluding tert-OH is 1. The number of halogens is 1. The van der Waals surface area contributed by atoms with Crippen LogP contribution in [-0.2, 0) is 9.59 Å². The van der Waals surface area contributed by atoms with Gasteiger partial charge in [-0.15, -0.1) is 6.58 Å². The summed E-state index contributed by atoms with van der Waals surface area (Å²) in [5.74, 6) is -2.51. The topological polar surface area (TPSA) is 98.1 Å². The zero-order valence-electron chi connectivity index (χ0n) is 18.3. The van der Waals surface area contributed by atoms with Crippen molar-refractivity contribution in [1.29, 1.82) is 0 Å². The molecule has 1 unspecified atom stereocenters. The number of allylic oxidation sites excluding steroid dienone is 2. The molecule has 6 nitrogen and oxygen atoms in total. The summed E-state index contributed by atoms with van der Waals surface area (Å²) in [5, 5.41) is 26.0. The molecule has 0 amide bonds. The minimum atomic E-state index is -1.26. The third kappa shape index (κ3) is 15.0. The van der Waals surface area contributed by atoms with Crippen LogP contribution in [0.5, 0.6) is 0 Å². The van der Waals surface area contributed by atoms with Crippen molar-refractivity contribution in [2.45, 2.75) is 32.8 Å². The van der Waals surface area contributed by atoms with E-state index in [2.05, 4.69) is 53.5 Å². The van der Waals surface area contributed by atoms with Gasteiger partial charge in [0.25, 0.3) is 0 Å². The Bertz CT molecular complexity index is 781. The number of hydrogen-bond acceptors (Lipinski definition) is 4. The maximum atomic E-state index is 10.4. The van der Waals surface area contributed by atoms with E-state index in [1.807, 2.05) is 37.3 Å². The fraction of sp³-hybridized carbons (Fsp3) is 0.333. The predicted molar refractivity (Wildman–Crippen MR) is 128 cm³/mol. The predicted octanol–water partition coefficient (Wildman–Crippen LogP) is 4.98. The second-order valence-corrected chi connectivity index (χ2v) is 7.93. The lowest BCUT2D eigenvalue weighted by Gasteiger charge is -2.13. The first-order valence-electron chi connectivity index (χ1n) is 9.76. The average Bonchev–Trinajstić information content (AvgIpc) is 2.71. The molecule has 0 bridgehead atoms. The molecule has 1 aromatic carbocycles. The van der Waals surface area contributed by atoms with Gasteiger partial charge in [0, 0.05) is 29.7 Å². The average molecular weight is 494 g/mol. The van der Waals surface area contributed by atoms with Crippen molar-refractivity contribution < 1.29 is 24.9 Å². The van der Waals surface area contributed by atoms with E-state index in [-0.39, 0.29) is 0 Å². The van der Waals surface area contributed by atoms with Crippen LogP contribution in [0.15, 0.2) is 76.8 Å². The lowest BCUT2D eigenvalue weighted by molar-refractivity contribution is -0.134. The van der Waals surface area contributed by atoms with Gasteiger partial charge < -0.3 is 15.3 Å². The molecule has 0 saturated carbocycles. The van der Waals surface area contributed by atoms with Gasteiger partial charge in [-0.3, -0.25) is 4.90 Å². The summed E-state index contributed by atoms with van der Waals surface area (Å²) in [4.78, 5) is 21.3. The molecular weight excluding hydrogens is 462 g/mol. The number of nitrogens with zero attached hydrogens (tertiary/aromatic N) is 1. The molecule has 1 rings (SSSR count). The van der Waals surface area contributed by atoms with Gasteiger partial charge in [0.05, 0.1) is 6.10 Å². The number of rotatable bonds is 11. The third-order valence-corrected chi connectivity index (χ3v) is 4.71. The number of likely N-dealkylation sites (N-methyl/N-ethyl adjacent to an activating group) is 1. The lowest BCUT2D eigenvalue weighted by atomic mass is 10.0. The second-order valence-electron chi connectivity index (χ2n) is 7.01. The molecule has 3 N–H and O–H groups in total. The molecule has 170 valence electrons. The number of carboxylic acids is 2. The van der Waals surface area contributed by atoms with Crippen molar-refractivity contribution in [3.63, 3.8) is 0 Å². The van der Waals surface area contributed by atoms with Gasteiger partial charge in [0.1, 0.15) is 0 Å². The largest absolute Gasteiger partial charge is 0.478 e. The van der Waals surface area contributed by atoms with Crippen LogP contribution in [-0.4, -0.2) is 52.3 Å². The minimum absolute atomic E-state index is 0.522. The summed E-state index contributed by atoms with van der Waals surface area (Å²) in [6, 6.07) is 7.82. The van der Waals surface area contributed by atoms with Crippen molar-refractivity contribution in [2.24, 2.45) is 0 Å². The van der Waals surface area contributed by atoms with E-state index < -0.39 is 18.0 Å². The highest BCUT2D eigenvalue weighted by Crippen LogP contribution is 2.23. The summed E-state index contributed by atoms with van der Waals surface area (Å²) in [5.41, 5.74) is 3.31. The molecule has 31 heavy (non-hydrogen) atoms.